The Balaban J connectivity index is 1.73. The summed E-state index contributed by atoms with van der Waals surface area (Å²) in [6.45, 7) is 4.59. The van der Waals surface area contributed by atoms with Gasteiger partial charge in [0, 0.05) is 32.2 Å². The first-order valence-electron chi connectivity index (χ1n) is 8.21. The van der Waals surface area contributed by atoms with Crippen LogP contribution in [-0.2, 0) is 10.0 Å². The number of benzene rings is 1. The lowest BCUT2D eigenvalue weighted by Crippen LogP contribution is -2.50. The lowest BCUT2D eigenvalue weighted by atomic mass is 10.2. The van der Waals surface area contributed by atoms with E-state index in [2.05, 4.69) is 10.2 Å². The first-order chi connectivity index (χ1) is 12.3. The fourth-order valence-corrected chi connectivity index (χ4v) is 4.61. The second kappa shape index (κ2) is 7.00. The van der Waals surface area contributed by atoms with Gasteiger partial charge in [0.2, 0.25) is 10.0 Å². The number of aromatic amines is 1. The number of carbonyl (C=O) groups excluding carboxylic acids is 1. The van der Waals surface area contributed by atoms with Gasteiger partial charge in [-0.2, -0.15) is 9.40 Å². The number of amides is 1. The molecule has 1 amide bonds. The highest BCUT2D eigenvalue weighted by Crippen LogP contribution is 2.22. The Bertz CT molecular complexity index is 972. The summed E-state index contributed by atoms with van der Waals surface area (Å²) >= 11 is 0. The van der Waals surface area contributed by atoms with Gasteiger partial charge in [-0.15, -0.1) is 0 Å². The van der Waals surface area contributed by atoms with E-state index in [-0.39, 0.29) is 43.3 Å². The first kappa shape index (κ1) is 18.3. The molecule has 0 unspecified atom stereocenters. The van der Waals surface area contributed by atoms with E-state index >= 15 is 0 Å². The smallest absolute Gasteiger partial charge is 0.274 e. The van der Waals surface area contributed by atoms with Crippen molar-refractivity contribution in [2.24, 2.45) is 0 Å². The van der Waals surface area contributed by atoms with Crippen molar-refractivity contribution >= 4 is 15.9 Å². The third-order valence-electron chi connectivity index (χ3n) is 4.39. The summed E-state index contributed by atoms with van der Waals surface area (Å²) in [4.78, 5) is 25.3. The molecule has 1 aliphatic heterocycles. The van der Waals surface area contributed by atoms with E-state index < -0.39 is 10.0 Å². The van der Waals surface area contributed by atoms with Gasteiger partial charge in [-0.3, -0.25) is 9.59 Å². The van der Waals surface area contributed by atoms with Crippen LogP contribution in [0.1, 0.15) is 21.6 Å². The quantitative estimate of drug-likeness (QED) is 0.842. The molecule has 0 spiro atoms. The molecule has 138 valence electrons. The number of piperazine rings is 1. The zero-order valence-electron chi connectivity index (χ0n) is 14.6. The summed E-state index contributed by atoms with van der Waals surface area (Å²) in [7, 11) is -3.60. The van der Waals surface area contributed by atoms with Gasteiger partial charge >= 0.3 is 0 Å². The molecule has 0 aliphatic carbocycles. The molecule has 0 saturated carbocycles. The Kier molecular flexibility index (Phi) is 4.92. The predicted octanol–water partition coefficient (Wildman–Crippen LogP) is 0.533. The zero-order valence-corrected chi connectivity index (χ0v) is 15.4. The van der Waals surface area contributed by atoms with Gasteiger partial charge in [-0.1, -0.05) is 12.1 Å². The molecule has 9 heteroatoms. The van der Waals surface area contributed by atoms with Crippen molar-refractivity contribution in [2.75, 3.05) is 26.2 Å². The fourth-order valence-electron chi connectivity index (χ4n) is 2.88. The van der Waals surface area contributed by atoms with Crippen molar-refractivity contribution in [3.05, 3.63) is 57.5 Å². The van der Waals surface area contributed by atoms with Crippen molar-refractivity contribution in [3.8, 4) is 0 Å². The Hall–Kier alpha value is -2.52. The van der Waals surface area contributed by atoms with Crippen LogP contribution in [0.15, 0.2) is 40.0 Å². The molecule has 0 radical (unpaired) electrons. The Morgan fingerprint density at radius 3 is 2.38 bits per heavy atom. The monoisotopic (exact) mass is 376 g/mol. The molecule has 2 heterocycles. The van der Waals surface area contributed by atoms with Crippen molar-refractivity contribution in [3.63, 3.8) is 0 Å². The van der Waals surface area contributed by atoms with Crippen LogP contribution >= 0.6 is 0 Å². The summed E-state index contributed by atoms with van der Waals surface area (Å²) < 4.78 is 27.2. The molecule has 1 N–H and O–H groups in total. The van der Waals surface area contributed by atoms with Crippen LogP contribution in [0.3, 0.4) is 0 Å². The summed E-state index contributed by atoms with van der Waals surface area (Å²) in [6.07, 6.45) is 0. The van der Waals surface area contributed by atoms with Gasteiger partial charge in [0.25, 0.3) is 11.5 Å². The van der Waals surface area contributed by atoms with Crippen LogP contribution in [0.2, 0.25) is 0 Å². The molecule has 3 rings (SSSR count). The maximum absolute atomic E-state index is 12.9. The highest BCUT2D eigenvalue weighted by molar-refractivity contribution is 7.89. The average Bonchev–Trinajstić information content (AvgIpc) is 2.64. The minimum atomic E-state index is -3.60. The minimum Gasteiger partial charge on any atom is -0.335 e. The highest BCUT2D eigenvalue weighted by atomic mass is 32.2. The molecular formula is C17H20N4O4S. The van der Waals surface area contributed by atoms with E-state index in [1.807, 2.05) is 13.0 Å². The number of hydrogen-bond donors (Lipinski definition) is 1. The largest absolute Gasteiger partial charge is 0.335 e. The molecule has 0 bridgehead atoms. The first-order valence-corrected chi connectivity index (χ1v) is 9.65. The van der Waals surface area contributed by atoms with Crippen LogP contribution < -0.4 is 5.56 Å². The van der Waals surface area contributed by atoms with Crippen LogP contribution in [0.25, 0.3) is 0 Å². The number of hydrogen-bond acceptors (Lipinski definition) is 5. The summed E-state index contributed by atoms with van der Waals surface area (Å²) in [5.74, 6) is -0.329. The number of aromatic nitrogens is 2. The third kappa shape index (κ3) is 3.54. The van der Waals surface area contributed by atoms with E-state index in [0.29, 0.717) is 10.5 Å². The lowest BCUT2D eigenvalue weighted by molar-refractivity contribution is 0.0690. The Morgan fingerprint density at radius 2 is 1.77 bits per heavy atom. The normalized spacial score (nSPS) is 15.8. The van der Waals surface area contributed by atoms with Crippen molar-refractivity contribution in [1.29, 1.82) is 0 Å². The minimum absolute atomic E-state index is 0.135. The molecule has 0 atom stereocenters. The molecule has 1 aromatic heterocycles. The number of H-pyrrole nitrogens is 1. The zero-order chi connectivity index (χ0) is 18.9. The van der Waals surface area contributed by atoms with Gasteiger partial charge in [-0.25, -0.2) is 13.5 Å². The van der Waals surface area contributed by atoms with Crippen molar-refractivity contribution < 1.29 is 13.2 Å². The van der Waals surface area contributed by atoms with Crippen molar-refractivity contribution in [1.82, 2.24) is 19.4 Å². The van der Waals surface area contributed by atoms with Gasteiger partial charge in [0.1, 0.15) is 5.69 Å². The van der Waals surface area contributed by atoms with E-state index in [1.165, 1.54) is 21.3 Å². The lowest BCUT2D eigenvalue weighted by Gasteiger charge is -2.34. The molecule has 1 fully saturated rings. The standard InChI is InChI=1S/C17H20N4O4S/c1-12-3-4-13(2)15(11-12)26(24,25)21-9-7-20(8-10-21)17(23)14-5-6-16(22)19-18-14/h3-6,11H,7-10H2,1-2H3,(H,19,22). The summed E-state index contributed by atoms with van der Waals surface area (Å²) in [6, 6.07) is 7.94. The van der Waals surface area contributed by atoms with E-state index in [4.69, 9.17) is 0 Å². The SMILES string of the molecule is Cc1ccc(C)c(S(=O)(=O)N2CCN(C(=O)c3ccc(=O)[nH]n3)CC2)c1. The topological polar surface area (TPSA) is 103 Å². The predicted molar refractivity (Wildman–Crippen MR) is 95.4 cm³/mol. The third-order valence-corrected chi connectivity index (χ3v) is 6.43. The summed E-state index contributed by atoms with van der Waals surface area (Å²) in [5, 5.41) is 5.96. The molecule has 2 aromatic rings. The number of nitrogens with one attached hydrogen (secondary N) is 1. The van der Waals surface area contributed by atoms with E-state index in [1.54, 1.807) is 19.1 Å². The van der Waals surface area contributed by atoms with Gasteiger partial charge in [0.05, 0.1) is 4.90 Å². The van der Waals surface area contributed by atoms with E-state index in [9.17, 15) is 18.0 Å². The molecule has 26 heavy (non-hydrogen) atoms. The number of sulfonamides is 1. The van der Waals surface area contributed by atoms with Crippen LogP contribution in [-0.4, -0.2) is 59.9 Å². The second-order valence-corrected chi connectivity index (χ2v) is 8.18. The maximum atomic E-state index is 12.9. The Morgan fingerprint density at radius 1 is 1.08 bits per heavy atom. The van der Waals surface area contributed by atoms with E-state index in [0.717, 1.165) is 5.56 Å². The van der Waals surface area contributed by atoms with Crippen molar-refractivity contribution in [2.45, 2.75) is 18.7 Å². The highest BCUT2D eigenvalue weighted by Gasteiger charge is 2.31. The van der Waals surface area contributed by atoms with Crippen LogP contribution in [0.5, 0.6) is 0 Å². The molecule has 1 aliphatic rings. The van der Waals surface area contributed by atoms with Gasteiger partial charge < -0.3 is 4.90 Å². The number of aryl methyl sites for hydroxylation is 2. The van der Waals surface area contributed by atoms with Crippen LogP contribution in [0.4, 0.5) is 0 Å². The molecule has 8 nitrogen and oxygen atoms in total. The van der Waals surface area contributed by atoms with Gasteiger partial charge in [-0.05, 0) is 37.1 Å². The van der Waals surface area contributed by atoms with Crippen LogP contribution in [0, 0.1) is 13.8 Å². The summed E-state index contributed by atoms with van der Waals surface area (Å²) in [5.41, 5.74) is 1.33. The maximum Gasteiger partial charge on any atom is 0.274 e. The molecular weight excluding hydrogens is 356 g/mol. The fraction of sp³-hybridized carbons (Fsp3) is 0.353. The number of carbonyl (C=O) groups is 1. The molecule has 1 saturated heterocycles. The Labute approximate surface area is 151 Å². The second-order valence-electron chi connectivity index (χ2n) is 6.27. The van der Waals surface area contributed by atoms with Gasteiger partial charge in [0.15, 0.2) is 0 Å². The molecule has 1 aromatic carbocycles. The number of rotatable bonds is 3. The average molecular weight is 376 g/mol. The number of nitrogens with zero attached hydrogens (tertiary/aromatic N) is 3.